The summed E-state index contributed by atoms with van der Waals surface area (Å²) in [5.74, 6) is -0.379. The minimum atomic E-state index is -0.379. The van der Waals surface area contributed by atoms with Gasteiger partial charge in [-0.25, -0.2) is 4.79 Å². The lowest BCUT2D eigenvalue weighted by molar-refractivity contribution is -0.140. The molecule has 0 N–H and O–H groups in total. The second-order valence-electron chi connectivity index (χ2n) is 2.52. The average molecular weight is 261 g/mol. The van der Waals surface area contributed by atoms with Gasteiger partial charge in [0.2, 0.25) is 0 Å². The molecule has 0 aromatic carbocycles. The van der Waals surface area contributed by atoms with Gasteiger partial charge in [0.05, 0.1) is 4.88 Å². The number of halogens is 1. The van der Waals surface area contributed by atoms with Crippen LogP contribution < -0.4 is 0 Å². The van der Waals surface area contributed by atoms with Gasteiger partial charge in [-0.15, -0.1) is 11.3 Å². The molecule has 1 atom stereocenters. The molecule has 0 saturated carbocycles. The molecule has 13 heavy (non-hydrogen) atoms. The van der Waals surface area contributed by atoms with Crippen LogP contribution in [0.4, 0.5) is 0 Å². The van der Waals surface area contributed by atoms with Gasteiger partial charge in [0, 0.05) is 5.57 Å². The fraction of sp³-hybridized carbons (Fsp3) is 0.222. The van der Waals surface area contributed by atoms with Crippen molar-refractivity contribution in [2.75, 3.05) is 0 Å². The largest absolute Gasteiger partial charge is 0.442 e. The monoisotopic (exact) mass is 260 g/mol. The van der Waals surface area contributed by atoms with E-state index in [1.54, 1.807) is 6.92 Å². The molecule has 1 rings (SSSR count). The molecule has 0 aliphatic carbocycles. The van der Waals surface area contributed by atoms with Crippen molar-refractivity contribution in [2.45, 2.75) is 11.9 Å². The van der Waals surface area contributed by atoms with Crippen molar-refractivity contribution in [1.29, 1.82) is 0 Å². The Morgan fingerprint density at radius 1 is 1.77 bits per heavy atom. The van der Waals surface area contributed by atoms with Gasteiger partial charge in [-0.05, 0) is 34.3 Å². The molecule has 0 aliphatic heterocycles. The zero-order chi connectivity index (χ0) is 9.84. The standard InChI is InChI=1S/C9H9BrO2S/c1-6(2)9(11)12-8(10)7-4-3-5-13-7/h3-5,8H,1H2,2H3. The summed E-state index contributed by atoms with van der Waals surface area (Å²) in [5.41, 5.74) is 0.404. The molecule has 0 spiro atoms. The normalized spacial score (nSPS) is 12.2. The van der Waals surface area contributed by atoms with E-state index in [0.29, 0.717) is 5.57 Å². The molecule has 0 amide bonds. The van der Waals surface area contributed by atoms with Crippen LogP contribution >= 0.6 is 27.3 Å². The van der Waals surface area contributed by atoms with Crippen molar-refractivity contribution < 1.29 is 9.53 Å². The molecule has 0 saturated heterocycles. The first-order chi connectivity index (χ1) is 6.11. The third kappa shape index (κ3) is 2.97. The van der Waals surface area contributed by atoms with Crippen LogP contribution in [-0.4, -0.2) is 5.97 Å². The van der Waals surface area contributed by atoms with E-state index in [2.05, 4.69) is 22.5 Å². The zero-order valence-corrected chi connectivity index (χ0v) is 9.52. The number of esters is 1. The van der Waals surface area contributed by atoms with Gasteiger partial charge in [-0.2, -0.15) is 0 Å². The van der Waals surface area contributed by atoms with Crippen LogP contribution in [0.2, 0.25) is 0 Å². The molecule has 1 aromatic rings. The lowest BCUT2D eigenvalue weighted by Crippen LogP contribution is -2.06. The topological polar surface area (TPSA) is 26.3 Å². The summed E-state index contributed by atoms with van der Waals surface area (Å²) in [6, 6.07) is 3.80. The van der Waals surface area contributed by atoms with Gasteiger partial charge in [-0.1, -0.05) is 12.6 Å². The van der Waals surface area contributed by atoms with Crippen LogP contribution in [0.15, 0.2) is 29.7 Å². The van der Waals surface area contributed by atoms with Gasteiger partial charge in [-0.3, -0.25) is 0 Å². The Morgan fingerprint density at radius 2 is 2.46 bits per heavy atom. The summed E-state index contributed by atoms with van der Waals surface area (Å²) >= 11 is 4.79. The summed E-state index contributed by atoms with van der Waals surface area (Å²) < 4.78 is 5.04. The van der Waals surface area contributed by atoms with E-state index in [1.165, 1.54) is 11.3 Å². The maximum absolute atomic E-state index is 11.1. The van der Waals surface area contributed by atoms with E-state index < -0.39 is 0 Å². The van der Waals surface area contributed by atoms with Gasteiger partial charge >= 0.3 is 5.97 Å². The third-order valence-electron chi connectivity index (χ3n) is 1.33. The van der Waals surface area contributed by atoms with Crippen molar-refractivity contribution in [2.24, 2.45) is 0 Å². The summed E-state index contributed by atoms with van der Waals surface area (Å²) in [6.07, 6.45) is 0. The number of alkyl halides is 1. The Hall–Kier alpha value is -0.610. The van der Waals surface area contributed by atoms with Gasteiger partial charge < -0.3 is 4.74 Å². The van der Waals surface area contributed by atoms with E-state index in [9.17, 15) is 4.79 Å². The predicted molar refractivity (Wildman–Crippen MR) is 56.9 cm³/mol. The Balaban J connectivity index is 2.56. The highest BCUT2D eigenvalue weighted by molar-refractivity contribution is 9.09. The molecule has 1 aromatic heterocycles. The number of ether oxygens (including phenoxy) is 1. The lowest BCUT2D eigenvalue weighted by Gasteiger charge is -2.08. The molecule has 0 radical (unpaired) electrons. The Labute approximate surface area is 89.3 Å². The van der Waals surface area contributed by atoms with Gasteiger partial charge in [0.15, 0.2) is 5.01 Å². The van der Waals surface area contributed by atoms with E-state index in [4.69, 9.17) is 4.74 Å². The van der Waals surface area contributed by atoms with Crippen LogP contribution in [0, 0.1) is 0 Å². The summed E-state index contributed by atoms with van der Waals surface area (Å²) in [5, 5.41) is 1.56. The number of rotatable bonds is 3. The Morgan fingerprint density at radius 3 is 2.92 bits per heavy atom. The van der Waals surface area contributed by atoms with Crippen LogP contribution in [0.25, 0.3) is 0 Å². The number of hydrogen-bond donors (Lipinski definition) is 0. The SMILES string of the molecule is C=C(C)C(=O)OC(Br)c1cccs1. The smallest absolute Gasteiger partial charge is 0.334 e. The van der Waals surface area contributed by atoms with E-state index in [1.807, 2.05) is 17.5 Å². The van der Waals surface area contributed by atoms with Crippen molar-refractivity contribution >= 4 is 33.2 Å². The summed E-state index contributed by atoms with van der Waals surface area (Å²) in [7, 11) is 0. The van der Waals surface area contributed by atoms with E-state index in [0.717, 1.165) is 4.88 Å². The number of thiophene rings is 1. The fourth-order valence-electron chi connectivity index (χ4n) is 0.673. The maximum atomic E-state index is 11.1. The predicted octanol–water partition coefficient (Wildman–Crippen LogP) is 3.26. The molecule has 0 bridgehead atoms. The average Bonchev–Trinajstić information content (AvgIpc) is 2.55. The van der Waals surface area contributed by atoms with Gasteiger partial charge in [0.1, 0.15) is 0 Å². The number of carbonyl (C=O) groups excluding carboxylic acids is 1. The fourth-order valence-corrected chi connectivity index (χ4v) is 1.95. The van der Waals surface area contributed by atoms with Crippen LogP contribution in [0.1, 0.15) is 16.8 Å². The maximum Gasteiger partial charge on any atom is 0.334 e. The molecule has 0 aliphatic rings. The second kappa shape index (κ2) is 4.58. The molecule has 2 nitrogen and oxygen atoms in total. The molecule has 1 heterocycles. The minimum Gasteiger partial charge on any atom is -0.442 e. The first-order valence-corrected chi connectivity index (χ1v) is 5.44. The van der Waals surface area contributed by atoms with E-state index >= 15 is 0 Å². The quantitative estimate of drug-likeness (QED) is 0.474. The third-order valence-corrected chi connectivity index (χ3v) is 3.22. The van der Waals surface area contributed by atoms with Crippen molar-refractivity contribution in [1.82, 2.24) is 0 Å². The molecule has 1 unspecified atom stereocenters. The first kappa shape index (κ1) is 10.5. The minimum absolute atomic E-state index is 0.364. The van der Waals surface area contributed by atoms with Crippen LogP contribution in [0.3, 0.4) is 0 Å². The summed E-state index contributed by atoms with van der Waals surface area (Å²) in [6.45, 7) is 5.12. The zero-order valence-electron chi connectivity index (χ0n) is 7.12. The van der Waals surface area contributed by atoms with Crippen LogP contribution in [0.5, 0.6) is 0 Å². The molecular formula is C9H9BrO2S. The highest BCUT2D eigenvalue weighted by Gasteiger charge is 2.13. The lowest BCUT2D eigenvalue weighted by atomic mass is 10.4. The Kier molecular flexibility index (Phi) is 3.69. The number of hydrogen-bond acceptors (Lipinski definition) is 3. The van der Waals surface area contributed by atoms with Crippen molar-refractivity contribution in [3.8, 4) is 0 Å². The second-order valence-corrected chi connectivity index (χ2v) is 4.33. The summed E-state index contributed by atoms with van der Waals surface area (Å²) in [4.78, 5) is 12.1. The Bertz CT molecular complexity index is 305. The molecule has 70 valence electrons. The molecular weight excluding hydrogens is 252 g/mol. The molecule has 4 heteroatoms. The van der Waals surface area contributed by atoms with E-state index in [-0.39, 0.29) is 11.0 Å². The van der Waals surface area contributed by atoms with Crippen LogP contribution in [-0.2, 0) is 9.53 Å². The van der Waals surface area contributed by atoms with Gasteiger partial charge in [0.25, 0.3) is 0 Å². The first-order valence-electron chi connectivity index (χ1n) is 3.65. The number of carbonyl (C=O) groups is 1. The molecule has 0 fully saturated rings. The highest BCUT2D eigenvalue weighted by atomic mass is 79.9. The highest BCUT2D eigenvalue weighted by Crippen LogP contribution is 2.28. The van der Waals surface area contributed by atoms with Crippen molar-refractivity contribution in [3.05, 3.63) is 34.5 Å². The van der Waals surface area contributed by atoms with Crippen molar-refractivity contribution in [3.63, 3.8) is 0 Å².